The predicted molar refractivity (Wildman–Crippen MR) is 145 cm³/mol. The van der Waals surface area contributed by atoms with Crippen LogP contribution in [-0.2, 0) is 0 Å². The van der Waals surface area contributed by atoms with Gasteiger partial charge in [-0.15, -0.1) is 12.4 Å². The molecule has 3 heteroatoms. The van der Waals surface area contributed by atoms with Crippen molar-refractivity contribution in [1.82, 2.24) is 0 Å². The quantitative estimate of drug-likeness (QED) is 0.113. The SMILES string of the molecule is CCCCCCCC[PH](CCCCCCCC)(CCCCCCCC)PC.Cl. The smallest absolute Gasteiger partial charge is 0.147 e. The second kappa shape index (κ2) is 24.4. The average Bonchev–Trinajstić information content (AvgIpc) is 2.69. The zero-order valence-electron chi connectivity index (χ0n) is 20.3. The van der Waals surface area contributed by atoms with Crippen molar-refractivity contribution in [2.75, 3.05) is 25.2 Å². The van der Waals surface area contributed by atoms with E-state index in [2.05, 4.69) is 27.4 Å². The molecule has 0 aliphatic carbocycles. The van der Waals surface area contributed by atoms with Gasteiger partial charge in [0, 0.05) is 0 Å². The van der Waals surface area contributed by atoms with Gasteiger partial charge in [0.15, 0.2) is 0 Å². The van der Waals surface area contributed by atoms with Gasteiger partial charge in [-0.3, -0.25) is 0 Å². The van der Waals surface area contributed by atoms with Crippen LogP contribution in [0.1, 0.15) is 136 Å². The van der Waals surface area contributed by atoms with Crippen LogP contribution in [0.3, 0.4) is 0 Å². The van der Waals surface area contributed by atoms with Crippen molar-refractivity contribution >= 4 is 27.6 Å². The first kappa shape index (κ1) is 31.3. The molecule has 0 aromatic carbocycles. The summed E-state index contributed by atoms with van der Waals surface area (Å²) in [5.74, 6) is 0. The molecule has 1 unspecified atom stereocenters. The molecule has 0 saturated heterocycles. The van der Waals surface area contributed by atoms with Crippen LogP contribution < -0.4 is 0 Å². The van der Waals surface area contributed by atoms with Crippen molar-refractivity contribution in [2.45, 2.75) is 136 Å². The summed E-state index contributed by atoms with van der Waals surface area (Å²) < 4.78 is 0. The van der Waals surface area contributed by atoms with Gasteiger partial charge < -0.3 is 0 Å². The largest absolute Gasteiger partial charge is 0.147 e. The number of unbranched alkanes of at least 4 members (excludes halogenated alkanes) is 15. The van der Waals surface area contributed by atoms with Crippen molar-refractivity contribution in [1.29, 1.82) is 0 Å². The average molecular weight is 455 g/mol. The molecule has 0 radical (unpaired) electrons. The fourth-order valence-electron chi connectivity index (χ4n) is 4.48. The molecule has 0 nitrogen and oxygen atoms in total. The summed E-state index contributed by atoms with van der Waals surface area (Å²) in [5, 5.41) is 0. The summed E-state index contributed by atoms with van der Waals surface area (Å²) >= 11 is 0. The number of hydrogen-bond donors (Lipinski definition) is 0. The van der Waals surface area contributed by atoms with E-state index in [0.29, 0.717) is 0 Å². The molecule has 0 fully saturated rings. The van der Waals surface area contributed by atoms with Gasteiger partial charge in [0.25, 0.3) is 0 Å². The summed E-state index contributed by atoms with van der Waals surface area (Å²) in [6, 6.07) is 0. The molecule has 0 heterocycles. The van der Waals surface area contributed by atoms with Crippen LogP contribution in [0.5, 0.6) is 0 Å². The molecule has 174 valence electrons. The molecule has 28 heavy (non-hydrogen) atoms. The minimum atomic E-state index is -0.947. The second-order valence-corrected chi connectivity index (χ2v) is 18.3. The van der Waals surface area contributed by atoms with E-state index in [1.165, 1.54) is 105 Å². The van der Waals surface area contributed by atoms with Crippen molar-refractivity contribution < 1.29 is 0 Å². The van der Waals surface area contributed by atoms with Gasteiger partial charge in [-0.2, -0.15) is 0 Å². The van der Waals surface area contributed by atoms with Crippen LogP contribution in [0.25, 0.3) is 0 Å². The molecule has 0 saturated carbocycles. The topological polar surface area (TPSA) is 0 Å². The normalized spacial score (nSPS) is 12.6. The Morgan fingerprint density at radius 3 is 0.929 bits per heavy atom. The molecule has 0 spiro atoms. The first-order valence-corrected chi connectivity index (χ1v) is 18.1. The monoisotopic (exact) mass is 454 g/mol. The van der Waals surface area contributed by atoms with E-state index in [4.69, 9.17) is 0 Å². The molecular formula is C25H57ClP2. The second-order valence-electron chi connectivity index (χ2n) is 9.08. The maximum Gasteiger partial charge on any atom is -0.147 e. The number of rotatable bonds is 22. The van der Waals surface area contributed by atoms with E-state index >= 15 is 0 Å². The first-order chi connectivity index (χ1) is 13.2. The molecule has 0 aromatic heterocycles. The van der Waals surface area contributed by atoms with Gasteiger partial charge in [0.05, 0.1) is 0 Å². The third-order valence-corrected chi connectivity index (χ3v) is 17.0. The molecule has 0 amide bonds. The van der Waals surface area contributed by atoms with Gasteiger partial charge >= 0.3 is 177 Å². The number of hydrogen-bond acceptors (Lipinski definition) is 0. The van der Waals surface area contributed by atoms with Crippen LogP contribution in [0.4, 0.5) is 0 Å². The van der Waals surface area contributed by atoms with Crippen LogP contribution in [0.2, 0.25) is 0 Å². The fraction of sp³-hybridized carbons (Fsp3) is 1.00. The van der Waals surface area contributed by atoms with E-state index in [9.17, 15) is 0 Å². The Morgan fingerprint density at radius 2 is 0.679 bits per heavy atom. The summed E-state index contributed by atoms with van der Waals surface area (Å²) in [5.41, 5.74) is 0. The minimum Gasteiger partial charge on any atom is -0.147 e. The first-order valence-electron chi connectivity index (χ1n) is 12.9. The Kier molecular flexibility index (Phi) is 27.3. The summed E-state index contributed by atoms with van der Waals surface area (Å²) in [4.78, 5) is 0. The summed E-state index contributed by atoms with van der Waals surface area (Å²) in [7, 11) is 1.29. The van der Waals surface area contributed by atoms with E-state index in [1.807, 2.05) is 0 Å². The van der Waals surface area contributed by atoms with Crippen molar-refractivity contribution in [2.24, 2.45) is 0 Å². The van der Waals surface area contributed by atoms with Crippen LogP contribution in [0.15, 0.2) is 0 Å². The van der Waals surface area contributed by atoms with Gasteiger partial charge in [-0.25, -0.2) is 0 Å². The Balaban J connectivity index is 0. The van der Waals surface area contributed by atoms with E-state index < -0.39 is 6.95 Å². The number of halogens is 1. The summed E-state index contributed by atoms with van der Waals surface area (Å²) in [6.07, 6.45) is 31.7. The fourth-order valence-corrected chi connectivity index (χ4v) is 12.6. The zero-order valence-corrected chi connectivity index (χ0v) is 23.1. The molecule has 0 aromatic rings. The van der Waals surface area contributed by atoms with Crippen molar-refractivity contribution in [3.05, 3.63) is 0 Å². The maximum atomic E-state index is 2.58. The third-order valence-electron chi connectivity index (χ3n) is 6.56. The van der Waals surface area contributed by atoms with Gasteiger partial charge in [-0.05, 0) is 0 Å². The molecular weight excluding hydrogens is 398 g/mol. The van der Waals surface area contributed by atoms with Crippen LogP contribution in [-0.4, -0.2) is 25.2 Å². The Morgan fingerprint density at radius 1 is 0.429 bits per heavy atom. The molecule has 0 rings (SSSR count). The summed E-state index contributed by atoms with van der Waals surface area (Å²) in [6.45, 7) is 8.63. The minimum absolute atomic E-state index is 0. The van der Waals surface area contributed by atoms with Crippen molar-refractivity contribution in [3.63, 3.8) is 0 Å². The molecule has 1 atom stereocenters. The van der Waals surface area contributed by atoms with Gasteiger partial charge in [-0.1, -0.05) is 0 Å². The Labute approximate surface area is 189 Å². The predicted octanol–water partition coefficient (Wildman–Crippen LogP) is 10.5. The van der Waals surface area contributed by atoms with Crippen LogP contribution >= 0.6 is 27.6 Å². The van der Waals surface area contributed by atoms with Crippen LogP contribution in [0, 0.1) is 0 Å². The van der Waals surface area contributed by atoms with Gasteiger partial charge in [0.2, 0.25) is 0 Å². The zero-order chi connectivity index (χ0) is 20.1. The Bertz CT molecular complexity index is 243. The van der Waals surface area contributed by atoms with E-state index in [1.54, 1.807) is 37.7 Å². The van der Waals surface area contributed by atoms with Crippen molar-refractivity contribution in [3.8, 4) is 0 Å². The standard InChI is InChI=1S/C25H56P2.ClH/c1-5-8-11-14-17-20-23-27(26-4,24-21-18-15-12-9-6-2)25-22-19-16-13-10-7-3;/h26-27H,5-25H2,1-4H3;1H. The van der Waals surface area contributed by atoms with E-state index in [0.717, 1.165) is 0 Å². The third kappa shape index (κ3) is 19.1. The molecule has 0 N–H and O–H groups in total. The molecule has 0 aliphatic heterocycles. The maximum absolute atomic E-state index is 2.58. The Hall–Kier alpha value is 1.15. The molecule has 0 aliphatic rings. The van der Waals surface area contributed by atoms with E-state index in [-0.39, 0.29) is 12.4 Å². The van der Waals surface area contributed by atoms with Gasteiger partial charge in [0.1, 0.15) is 0 Å². The molecule has 0 bridgehead atoms.